The predicted molar refractivity (Wildman–Crippen MR) is 117 cm³/mol. The summed E-state index contributed by atoms with van der Waals surface area (Å²) in [6.45, 7) is 1.77. The molecule has 0 amide bonds. The molecule has 2 heterocycles. The minimum absolute atomic E-state index is 0.193. The fraction of sp³-hybridized carbons (Fsp3) is 0.400. The molecular formula is C25H28N2O2. The van der Waals surface area contributed by atoms with Crippen LogP contribution in [0.1, 0.15) is 59.6 Å². The number of fused-ring (bicyclic) bond motifs is 5. The highest BCUT2D eigenvalue weighted by molar-refractivity contribution is 5.93. The maximum Gasteiger partial charge on any atom is 0.337 e. The minimum Gasteiger partial charge on any atom is -0.465 e. The van der Waals surface area contributed by atoms with E-state index in [1.54, 1.807) is 0 Å². The summed E-state index contributed by atoms with van der Waals surface area (Å²) in [5.74, 6) is 0.337. The van der Waals surface area contributed by atoms with Gasteiger partial charge in [-0.05, 0) is 42.5 Å². The Morgan fingerprint density at radius 1 is 1.10 bits per heavy atom. The molecule has 0 spiro atoms. The monoisotopic (exact) mass is 388 g/mol. The molecule has 2 aliphatic heterocycles. The number of anilines is 2. The Labute approximate surface area is 172 Å². The number of benzene rings is 2. The maximum absolute atomic E-state index is 12.2. The van der Waals surface area contributed by atoms with Crippen LogP contribution >= 0.6 is 0 Å². The number of ether oxygens (including phenoxy) is 1. The zero-order valence-electron chi connectivity index (χ0n) is 17.0. The van der Waals surface area contributed by atoms with Gasteiger partial charge in [0, 0.05) is 35.6 Å². The van der Waals surface area contributed by atoms with Crippen molar-refractivity contribution < 1.29 is 9.53 Å². The minimum atomic E-state index is -0.272. The summed E-state index contributed by atoms with van der Waals surface area (Å²) in [5, 5.41) is 3.59. The van der Waals surface area contributed by atoms with Crippen molar-refractivity contribution in [2.75, 3.05) is 30.4 Å². The zero-order chi connectivity index (χ0) is 19.8. The average Bonchev–Trinajstić information content (AvgIpc) is 2.98. The van der Waals surface area contributed by atoms with Crippen molar-refractivity contribution in [3.63, 3.8) is 0 Å². The van der Waals surface area contributed by atoms with Gasteiger partial charge in [-0.25, -0.2) is 4.79 Å². The van der Waals surface area contributed by atoms with Crippen LogP contribution in [-0.2, 0) is 4.74 Å². The summed E-state index contributed by atoms with van der Waals surface area (Å²) in [6.07, 6.45) is 8.99. The number of hydrogen-bond donors (Lipinski definition) is 1. The summed E-state index contributed by atoms with van der Waals surface area (Å²) in [7, 11) is 1.45. The van der Waals surface area contributed by atoms with Crippen molar-refractivity contribution in [2.24, 2.45) is 5.92 Å². The van der Waals surface area contributed by atoms with E-state index in [1.807, 2.05) is 12.1 Å². The second kappa shape index (κ2) is 7.58. The van der Waals surface area contributed by atoms with Crippen molar-refractivity contribution >= 4 is 22.9 Å². The van der Waals surface area contributed by atoms with Crippen molar-refractivity contribution in [3.05, 3.63) is 65.2 Å². The molecule has 1 fully saturated rings. The highest BCUT2D eigenvalue weighted by Gasteiger charge is 2.33. The van der Waals surface area contributed by atoms with Gasteiger partial charge in [0.15, 0.2) is 0 Å². The van der Waals surface area contributed by atoms with E-state index in [1.165, 1.54) is 67.3 Å². The van der Waals surface area contributed by atoms with E-state index in [9.17, 15) is 4.79 Å². The van der Waals surface area contributed by atoms with E-state index in [4.69, 9.17) is 4.74 Å². The molecule has 1 atom stereocenters. The van der Waals surface area contributed by atoms with Gasteiger partial charge in [0.1, 0.15) is 0 Å². The smallest absolute Gasteiger partial charge is 0.337 e. The van der Waals surface area contributed by atoms with Crippen molar-refractivity contribution in [1.82, 2.24) is 0 Å². The van der Waals surface area contributed by atoms with Crippen LogP contribution in [0.15, 0.2) is 48.5 Å². The van der Waals surface area contributed by atoms with Crippen LogP contribution in [0.3, 0.4) is 0 Å². The number of carbonyl (C=O) groups is 1. The Balaban J connectivity index is 1.67. The van der Waals surface area contributed by atoms with Crippen molar-refractivity contribution in [3.8, 4) is 0 Å². The first-order valence-corrected chi connectivity index (χ1v) is 10.8. The largest absolute Gasteiger partial charge is 0.465 e. The van der Waals surface area contributed by atoms with Gasteiger partial charge in [-0.3, -0.25) is 0 Å². The second-order valence-electron chi connectivity index (χ2n) is 8.33. The number of nitrogens with zero attached hydrogens (tertiary/aromatic N) is 1. The highest BCUT2D eigenvalue weighted by Crippen LogP contribution is 2.48. The Kier molecular flexibility index (Phi) is 4.78. The number of hydrogen-bond acceptors (Lipinski definition) is 4. The lowest BCUT2D eigenvalue weighted by atomic mass is 9.77. The molecule has 5 rings (SSSR count). The molecule has 0 saturated heterocycles. The Morgan fingerprint density at radius 3 is 2.76 bits per heavy atom. The zero-order valence-corrected chi connectivity index (χ0v) is 17.0. The van der Waals surface area contributed by atoms with Crippen LogP contribution < -0.4 is 10.2 Å². The molecule has 4 heteroatoms. The average molecular weight is 389 g/mol. The van der Waals surface area contributed by atoms with Gasteiger partial charge in [0.25, 0.3) is 0 Å². The molecule has 1 unspecified atom stereocenters. The van der Waals surface area contributed by atoms with Crippen molar-refractivity contribution in [1.29, 1.82) is 0 Å². The first-order chi connectivity index (χ1) is 14.3. The van der Waals surface area contributed by atoms with Crippen LogP contribution in [0, 0.1) is 5.92 Å². The lowest BCUT2D eigenvalue weighted by molar-refractivity contribution is 0.0600. The number of carbonyl (C=O) groups excluding carboxylic acids is 1. The summed E-state index contributed by atoms with van der Waals surface area (Å²) < 4.78 is 5.00. The quantitative estimate of drug-likeness (QED) is 0.697. The summed E-state index contributed by atoms with van der Waals surface area (Å²) >= 11 is 0. The topological polar surface area (TPSA) is 41.6 Å². The van der Waals surface area contributed by atoms with Gasteiger partial charge in [-0.2, -0.15) is 0 Å². The Hall–Kier alpha value is -2.75. The Morgan fingerprint density at radius 2 is 1.93 bits per heavy atom. The van der Waals surface area contributed by atoms with E-state index in [0.29, 0.717) is 11.5 Å². The molecule has 150 valence electrons. The summed E-state index contributed by atoms with van der Waals surface area (Å²) in [4.78, 5) is 14.7. The third-order valence-electron chi connectivity index (χ3n) is 6.71. The molecular weight excluding hydrogens is 360 g/mol. The lowest BCUT2D eigenvalue weighted by Crippen LogP contribution is -2.33. The van der Waals surface area contributed by atoms with E-state index < -0.39 is 0 Å². The van der Waals surface area contributed by atoms with Crippen LogP contribution in [0.5, 0.6) is 0 Å². The van der Waals surface area contributed by atoms with Crippen molar-refractivity contribution in [2.45, 2.75) is 38.1 Å². The third-order valence-corrected chi connectivity index (χ3v) is 6.71. The normalized spacial score (nSPS) is 21.1. The number of rotatable bonds is 2. The van der Waals surface area contributed by atoms with Gasteiger partial charge < -0.3 is 15.0 Å². The molecule has 0 bridgehead atoms. The molecule has 0 radical (unpaired) electrons. The summed E-state index contributed by atoms with van der Waals surface area (Å²) in [5.41, 5.74) is 7.08. The number of esters is 1. The number of para-hydroxylation sites is 1. The molecule has 1 aliphatic carbocycles. The van der Waals surface area contributed by atoms with E-state index >= 15 is 0 Å². The molecule has 2 aromatic rings. The number of allylic oxidation sites excluding steroid dienone is 1. The lowest BCUT2D eigenvalue weighted by Gasteiger charge is -2.39. The molecule has 1 N–H and O–H groups in total. The number of nitrogens with one attached hydrogen (secondary N) is 1. The SMILES string of the molecule is COC(=O)c1ccc2c(c1)N1CCNc3ccccc3C1C=C2C1CCCCC1. The number of methoxy groups -OCH3 is 1. The fourth-order valence-electron chi connectivity index (χ4n) is 5.27. The molecule has 29 heavy (non-hydrogen) atoms. The maximum atomic E-state index is 12.2. The molecule has 3 aliphatic rings. The second-order valence-corrected chi connectivity index (χ2v) is 8.33. The van der Waals surface area contributed by atoms with E-state index in [2.05, 4.69) is 46.6 Å². The first kappa shape index (κ1) is 18.3. The van der Waals surface area contributed by atoms with Gasteiger partial charge in [0.05, 0.1) is 18.7 Å². The van der Waals surface area contributed by atoms with Crippen LogP contribution in [-0.4, -0.2) is 26.2 Å². The van der Waals surface area contributed by atoms with Crippen LogP contribution in [0.4, 0.5) is 11.4 Å². The van der Waals surface area contributed by atoms with Gasteiger partial charge in [-0.1, -0.05) is 49.6 Å². The fourth-order valence-corrected chi connectivity index (χ4v) is 5.27. The Bertz CT molecular complexity index is 959. The van der Waals surface area contributed by atoms with Crippen LogP contribution in [0.25, 0.3) is 5.57 Å². The van der Waals surface area contributed by atoms with Gasteiger partial charge in [-0.15, -0.1) is 0 Å². The molecule has 2 aromatic carbocycles. The highest BCUT2D eigenvalue weighted by atomic mass is 16.5. The third kappa shape index (κ3) is 3.21. The molecule has 1 saturated carbocycles. The van der Waals surface area contributed by atoms with Gasteiger partial charge in [0.2, 0.25) is 0 Å². The molecule has 4 nitrogen and oxygen atoms in total. The predicted octanol–water partition coefficient (Wildman–Crippen LogP) is 5.42. The summed E-state index contributed by atoms with van der Waals surface area (Å²) in [6, 6.07) is 14.9. The first-order valence-electron chi connectivity index (χ1n) is 10.8. The molecule has 0 aromatic heterocycles. The standard InChI is InChI=1S/C25H28N2O2/c1-29-25(28)18-11-12-19-21(17-7-3-2-4-8-17)16-24-20-9-5-6-10-22(20)26-13-14-27(24)23(19)15-18/h5-6,9-12,15-17,24,26H,2-4,7-8,13-14H2,1H3. The van der Waals surface area contributed by atoms with Crippen LogP contribution in [0.2, 0.25) is 0 Å². The van der Waals surface area contributed by atoms with E-state index in [0.717, 1.165) is 13.1 Å². The van der Waals surface area contributed by atoms with Gasteiger partial charge >= 0.3 is 5.97 Å². The van der Waals surface area contributed by atoms with E-state index in [-0.39, 0.29) is 12.0 Å².